The molecule has 7 nitrogen and oxygen atoms in total. The van der Waals surface area contributed by atoms with Gasteiger partial charge in [-0.1, -0.05) is 64.5 Å². The molecular formula is C32H37F3N2O5. The second-order valence-electron chi connectivity index (χ2n) is 9.93. The van der Waals surface area contributed by atoms with Gasteiger partial charge in [-0.05, 0) is 55.7 Å². The molecule has 1 unspecified atom stereocenters. The number of hydrogen-bond donors (Lipinski definition) is 0. The van der Waals surface area contributed by atoms with Gasteiger partial charge in [0, 0.05) is 5.56 Å². The summed E-state index contributed by atoms with van der Waals surface area (Å²) in [6, 6.07) is 11.7. The first-order chi connectivity index (χ1) is 20.2. The first-order valence-corrected chi connectivity index (χ1v) is 14.4. The maximum absolute atomic E-state index is 13.2. The quantitative estimate of drug-likeness (QED) is 0.0946. The largest absolute Gasteiger partial charge is 0.490 e. The Morgan fingerprint density at radius 3 is 1.93 bits per heavy atom. The van der Waals surface area contributed by atoms with Gasteiger partial charge in [-0.2, -0.15) is 13.2 Å². The molecule has 3 rings (SSSR count). The van der Waals surface area contributed by atoms with Crippen LogP contribution in [0.5, 0.6) is 11.5 Å². The average Bonchev–Trinajstić information content (AvgIpc) is 2.99. The van der Waals surface area contributed by atoms with Gasteiger partial charge in [0.05, 0.1) is 30.1 Å². The predicted octanol–water partition coefficient (Wildman–Crippen LogP) is 8.38. The van der Waals surface area contributed by atoms with Gasteiger partial charge in [-0.25, -0.2) is 19.6 Å². The molecule has 42 heavy (non-hydrogen) atoms. The van der Waals surface area contributed by atoms with Crippen LogP contribution in [0.15, 0.2) is 60.9 Å². The zero-order valence-electron chi connectivity index (χ0n) is 24.0. The molecule has 0 N–H and O–H groups in total. The number of nitrogens with zero attached hydrogens (tertiary/aromatic N) is 2. The van der Waals surface area contributed by atoms with E-state index in [4.69, 9.17) is 14.2 Å². The van der Waals surface area contributed by atoms with Gasteiger partial charge in [-0.15, -0.1) is 0 Å². The molecular weight excluding hydrogens is 549 g/mol. The summed E-state index contributed by atoms with van der Waals surface area (Å²) in [4.78, 5) is 33.5. The molecule has 10 heteroatoms. The molecule has 1 heterocycles. The number of esters is 2. The molecule has 0 aliphatic heterocycles. The van der Waals surface area contributed by atoms with Gasteiger partial charge in [0.25, 0.3) is 0 Å². The minimum Gasteiger partial charge on any atom is -0.490 e. The number of benzene rings is 2. The van der Waals surface area contributed by atoms with Crippen LogP contribution in [0.4, 0.5) is 13.2 Å². The summed E-state index contributed by atoms with van der Waals surface area (Å²) < 4.78 is 55.3. The van der Waals surface area contributed by atoms with Crippen LogP contribution in [0, 0.1) is 0 Å². The maximum atomic E-state index is 13.2. The summed E-state index contributed by atoms with van der Waals surface area (Å²) in [5.41, 5.74) is 0.891. The smallest absolute Gasteiger partial charge is 0.425 e. The van der Waals surface area contributed by atoms with E-state index < -0.39 is 24.2 Å². The van der Waals surface area contributed by atoms with Crippen LogP contribution in [-0.2, 0) is 4.74 Å². The van der Waals surface area contributed by atoms with Crippen molar-refractivity contribution in [3.63, 3.8) is 0 Å². The predicted molar refractivity (Wildman–Crippen MR) is 153 cm³/mol. The Hall–Kier alpha value is -3.95. The van der Waals surface area contributed by atoms with Gasteiger partial charge in [0.15, 0.2) is 17.7 Å². The highest BCUT2D eigenvalue weighted by atomic mass is 19.4. The van der Waals surface area contributed by atoms with E-state index >= 15 is 0 Å². The van der Waals surface area contributed by atoms with Gasteiger partial charge < -0.3 is 14.2 Å². The van der Waals surface area contributed by atoms with Crippen molar-refractivity contribution in [2.45, 2.75) is 83.9 Å². The third kappa shape index (κ3) is 10.5. The van der Waals surface area contributed by atoms with Crippen molar-refractivity contribution in [2.24, 2.45) is 0 Å². The van der Waals surface area contributed by atoms with Crippen molar-refractivity contribution in [1.82, 2.24) is 9.97 Å². The van der Waals surface area contributed by atoms with Crippen LogP contribution in [0.25, 0.3) is 11.4 Å². The Balaban J connectivity index is 1.50. The molecule has 0 spiro atoms. The fraction of sp³-hybridized carbons (Fsp3) is 0.438. The fourth-order valence-electron chi connectivity index (χ4n) is 4.07. The molecule has 0 aliphatic carbocycles. The maximum Gasteiger partial charge on any atom is 0.425 e. The van der Waals surface area contributed by atoms with Crippen LogP contribution in [0.3, 0.4) is 0 Å². The monoisotopic (exact) mass is 586 g/mol. The normalized spacial score (nSPS) is 12.0. The van der Waals surface area contributed by atoms with Crippen molar-refractivity contribution in [2.75, 3.05) is 6.61 Å². The molecule has 0 bridgehead atoms. The van der Waals surface area contributed by atoms with Crippen LogP contribution < -0.4 is 9.47 Å². The van der Waals surface area contributed by atoms with Gasteiger partial charge in [0.1, 0.15) is 5.75 Å². The van der Waals surface area contributed by atoms with E-state index in [1.807, 2.05) is 0 Å². The first-order valence-electron chi connectivity index (χ1n) is 14.4. The van der Waals surface area contributed by atoms with Crippen molar-refractivity contribution >= 4 is 11.9 Å². The van der Waals surface area contributed by atoms with E-state index in [1.54, 1.807) is 43.6 Å². The minimum absolute atomic E-state index is 0.0799. The lowest BCUT2D eigenvalue weighted by atomic mass is 10.1. The first kappa shape index (κ1) is 32.6. The van der Waals surface area contributed by atoms with Crippen LogP contribution in [0.1, 0.15) is 92.4 Å². The zero-order valence-corrected chi connectivity index (χ0v) is 24.0. The van der Waals surface area contributed by atoms with E-state index in [2.05, 4.69) is 16.9 Å². The lowest BCUT2D eigenvalue weighted by Crippen LogP contribution is -2.33. The molecule has 0 aliphatic rings. The minimum atomic E-state index is -4.65. The average molecular weight is 587 g/mol. The van der Waals surface area contributed by atoms with E-state index in [1.165, 1.54) is 49.9 Å². The molecule has 0 radical (unpaired) electrons. The van der Waals surface area contributed by atoms with Crippen molar-refractivity contribution < 1.29 is 37.0 Å². The van der Waals surface area contributed by atoms with Crippen LogP contribution in [-0.4, -0.2) is 40.8 Å². The van der Waals surface area contributed by atoms with E-state index in [-0.39, 0.29) is 29.7 Å². The highest BCUT2D eigenvalue weighted by molar-refractivity contribution is 5.92. The number of unbranched alkanes of at least 4 members (excludes halogenated alkanes) is 6. The SMILES string of the molecule is CCCCCCCCOc1cnc(-c2ccc(C(=O)Oc3ccc(C(=O)OC(CCCC)C(F)(F)F)cc3)cc2)nc1. The Labute approximate surface area is 244 Å². The topological polar surface area (TPSA) is 87.6 Å². The molecule has 1 aromatic heterocycles. The molecule has 3 aromatic rings. The number of hydrogen-bond acceptors (Lipinski definition) is 7. The number of carbonyl (C=O) groups is 2. The van der Waals surface area contributed by atoms with Crippen molar-refractivity contribution in [1.29, 1.82) is 0 Å². The Morgan fingerprint density at radius 2 is 1.31 bits per heavy atom. The molecule has 2 aromatic carbocycles. The third-order valence-electron chi connectivity index (χ3n) is 6.51. The Morgan fingerprint density at radius 1 is 0.738 bits per heavy atom. The number of aromatic nitrogens is 2. The van der Waals surface area contributed by atoms with Gasteiger partial charge >= 0.3 is 18.1 Å². The summed E-state index contributed by atoms with van der Waals surface area (Å²) in [6.07, 6.45) is 4.04. The highest BCUT2D eigenvalue weighted by Crippen LogP contribution is 2.28. The lowest BCUT2D eigenvalue weighted by Gasteiger charge is -2.20. The third-order valence-corrected chi connectivity index (χ3v) is 6.51. The molecule has 1 atom stereocenters. The molecule has 0 saturated heterocycles. The van der Waals surface area contributed by atoms with Gasteiger partial charge in [0.2, 0.25) is 0 Å². The number of carbonyl (C=O) groups excluding carboxylic acids is 2. The molecule has 0 amide bonds. The molecule has 226 valence electrons. The number of rotatable bonds is 16. The summed E-state index contributed by atoms with van der Waals surface area (Å²) in [5.74, 6) is -0.538. The summed E-state index contributed by atoms with van der Waals surface area (Å²) in [5, 5.41) is 0. The fourth-order valence-corrected chi connectivity index (χ4v) is 4.07. The van der Waals surface area contributed by atoms with E-state index in [9.17, 15) is 22.8 Å². The van der Waals surface area contributed by atoms with Crippen molar-refractivity contribution in [3.8, 4) is 22.9 Å². The second-order valence-corrected chi connectivity index (χ2v) is 9.93. The van der Waals surface area contributed by atoms with E-state index in [0.29, 0.717) is 30.2 Å². The highest BCUT2D eigenvalue weighted by Gasteiger charge is 2.42. The number of halogens is 3. The summed E-state index contributed by atoms with van der Waals surface area (Å²) in [6.45, 7) is 4.57. The lowest BCUT2D eigenvalue weighted by molar-refractivity contribution is -0.206. The van der Waals surface area contributed by atoms with Gasteiger partial charge in [-0.3, -0.25) is 0 Å². The van der Waals surface area contributed by atoms with Crippen molar-refractivity contribution in [3.05, 3.63) is 72.1 Å². The standard InChI is InChI=1S/C32H37F3N2O5/c1-3-5-7-8-9-10-20-40-27-21-36-29(37-22-27)23-12-14-24(15-13-23)30(38)41-26-18-16-25(17-19-26)31(39)42-28(11-6-4-2)32(33,34)35/h12-19,21-22,28H,3-11,20H2,1-2H3. The summed E-state index contributed by atoms with van der Waals surface area (Å²) >= 11 is 0. The number of ether oxygens (including phenoxy) is 3. The van der Waals surface area contributed by atoms with Crippen LogP contribution >= 0.6 is 0 Å². The number of alkyl halides is 3. The molecule has 0 saturated carbocycles. The molecule has 0 fully saturated rings. The second kappa shape index (κ2) is 16.5. The van der Waals surface area contributed by atoms with E-state index in [0.717, 1.165) is 12.8 Å². The zero-order chi connectivity index (χ0) is 30.4. The van der Waals surface area contributed by atoms with Crippen LogP contribution in [0.2, 0.25) is 0 Å². The summed E-state index contributed by atoms with van der Waals surface area (Å²) in [7, 11) is 0. The Kier molecular flexibility index (Phi) is 12.8. The Bertz CT molecular complexity index is 1250.